The maximum atomic E-state index is 12.2. The Morgan fingerprint density at radius 1 is 1.03 bits per heavy atom. The predicted molar refractivity (Wildman–Crippen MR) is 132 cm³/mol. The van der Waals surface area contributed by atoms with E-state index >= 15 is 0 Å². The molecular weight excluding hydrogens is 454 g/mol. The first-order chi connectivity index (χ1) is 16.7. The largest absolute Gasteiger partial charge is 0.467 e. The number of alkyl carbamates (subject to hydrolysis) is 1. The summed E-state index contributed by atoms with van der Waals surface area (Å²) in [5.74, 6) is -0.690. The summed E-state index contributed by atoms with van der Waals surface area (Å²) >= 11 is 0. The summed E-state index contributed by atoms with van der Waals surface area (Å²) in [6.07, 6.45) is -2.52. The summed E-state index contributed by atoms with van der Waals surface area (Å²) in [4.78, 5) is 24.4. The summed E-state index contributed by atoms with van der Waals surface area (Å²) < 4.78 is 27.4. The summed E-state index contributed by atoms with van der Waals surface area (Å²) in [5, 5.41) is 13.0. The molecule has 0 aromatic heterocycles. The normalized spacial score (nSPS) is 14.3. The first-order valence-corrected chi connectivity index (χ1v) is 11.5. The van der Waals surface area contributed by atoms with Crippen LogP contribution in [0, 0.1) is 0 Å². The van der Waals surface area contributed by atoms with E-state index in [1.165, 1.54) is 7.11 Å². The third kappa shape index (κ3) is 12.5. The van der Waals surface area contributed by atoms with E-state index in [2.05, 4.69) is 18.5 Å². The average molecular weight is 494 g/mol. The first kappa shape index (κ1) is 30.3. The second kappa shape index (κ2) is 16.8. The van der Waals surface area contributed by atoms with Crippen molar-refractivity contribution in [3.8, 4) is 0 Å². The minimum absolute atomic E-state index is 0.0145. The van der Waals surface area contributed by atoms with Crippen molar-refractivity contribution in [1.29, 1.82) is 0 Å². The van der Waals surface area contributed by atoms with Gasteiger partial charge in [-0.05, 0) is 25.8 Å². The third-order valence-corrected chi connectivity index (χ3v) is 4.79. The number of aliphatic hydroxyl groups is 1. The first-order valence-electron chi connectivity index (χ1n) is 11.5. The van der Waals surface area contributed by atoms with Gasteiger partial charge >= 0.3 is 12.1 Å². The number of nitrogens with one attached hydrogen (secondary N) is 1. The molecule has 0 radical (unpaired) electrons. The van der Waals surface area contributed by atoms with Crippen LogP contribution in [0.5, 0.6) is 0 Å². The maximum absolute atomic E-state index is 12.2. The Hall–Kier alpha value is -2.72. The van der Waals surface area contributed by atoms with Crippen molar-refractivity contribution in [2.24, 2.45) is 0 Å². The SMILES string of the molecule is C=C(C)CO[C@H]([C@H](COC[C@H](NC(=O)OCc1ccccc1)C(=O)OC)OCC(=C)C)[C@@H](O)CC. The van der Waals surface area contributed by atoms with E-state index in [0.29, 0.717) is 6.42 Å². The zero-order valence-corrected chi connectivity index (χ0v) is 21.2. The summed E-state index contributed by atoms with van der Waals surface area (Å²) in [6.45, 7) is 13.4. The number of aliphatic hydroxyl groups excluding tert-OH is 1. The van der Waals surface area contributed by atoms with E-state index in [4.69, 9.17) is 23.7 Å². The van der Waals surface area contributed by atoms with Crippen LogP contribution >= 0.6 is 0 Å². The fourth-order valence-corrected chi connectivity index (χ4v) is 2.94. The van der Waals surface area contributed by atoms with Crippen molar-refractivity contribution in [2.45, 2.75) is 58.2 Å². The molecule has 1 aromatic carbocycles. The molecule has 1 aromatic rings. The van der Waals surface area contributed by atoms with Gasteiger partial charge in [-0.15, -0.1) is 0 Å². The van der Waals surface area contributed by atoms with Crippen molar-refractivity contribution in [1.82, 2.24) is 5.32 Å². The molecule has 0 aliphatic rings. The monoisotopic (exact) mass is 493 g/mol. The molecule has 9 nitrogen and oxygen atoms in total. The van der Waals surface area contributed by atoms with Gasteiger partial charge in [0.2, 0.25) is 0 Å². The standard InChI is InChI=1S/C26H39NO8/c1-7-22(28)24(34-14-19(4)5)23(33-13-18(2)3)17-32-16-21(25(29)31-6)27-26(30)35-15-20-11-9-8-10-12-20/h8-12,21-24,28H,2,4,7,13-17H2,1,3,5-6H3,(H,27,30)/t21-,22-,23-,24-/m0/s1. The molecule has 4 atom stereocenters. The van der Waals surface area contributed by atoms with Crippen molar-refractivity contribution in [2.75, 3.05) is 33.5 Å². The van der Waals surface area contributed by atoms with Crippen LogP contribution in [0.2, 0.25) is 0 Å². The van der Waals surface area contributed by atoms with Gasteiger partial charge in [-0.25, -0.2) is 9.59 Å². The van der Waals surface area contributed by atoms with Gasteiger partial charge < -0.3 is 34.1 Å². The molecule has 9 heteroatoms. The topological polar surface area (TPSA) is 113 Å². The summed E-state index contributed by atoms with van der Waals surface area (Å²) in [5.41, 5.74) is 2.39. The zero-order valence-electron chi connectivity index (χ0n) is 21.2. The number of carbonyl (C=O) groups excluding carboxylic acids is 2. The lowest BCUT2D eigenvalue weighted by Crippen LogP contribution is -2.47. The van der Waals surface area contributed by atoms with Crippen molar-refractivity contribution in [3.63, 3.8) is 0 Å². The molecule has 1 rings (SSSR count). The molecule has 0 heterocycles. The van der Waals surface area contributed by atoms with E-state index in [1.54, 1.807) is 0 Å². The molecule has 0 spiro atoms. The molecule has 0 saturated heterocycles. The molecule has 0 saturated carbocycles. The lowest BCUT2D eigenvalue weighted by Gasteiger charge is -2.31. The van der Waals surface area contributed by atoms with E-state index in [1.807, 2.05) is 51.1 Å². The van der Waals surface area contributed by atoms with Crippen molar-refractivity contribution < 1.29 is 38.4 Å². The Labute approximate surface area is 208 Å². The van der Waals surface area contributed by atoms with Crippen LogP contribution in [0.15, 0.2) is 54.6 Å². The second-order valence-electron chi connectivity index (χ2n) is 8.33. The van der Waals surface area contributed by atoms with Crippen LogP contribution in [-0.2, 0) is 35.1 Å². The highest BCUT2D eigenvalue weighted by Crippen LogP contribution is 2.15. The molecule has 196 valence electrons. The fourth-order valence-electron chi connectivity index (χ4n) is 2.94. The van der Waals surface area contributed by atoms with Crippen LogP contribution in [-0.4, -0.2) is 75.1 Å². The number of hydrogen-bond acceptors (Lipinski definition) is 8. The zero-order chi connectivity index (χ0) is 26.2. The fraction of sp³-hybridized carbons (Fsp3) is 0.538. The minimum atomic E-state index is -1.10. The van der Waals surface area contributed by atoms with Gasteiger partial charge in [0.25, 0.3) is 0 Å². The van der Waals surface area contributed by atoms with Gasteiger partial charge in [-0.1, -0.05) is 61.6 Å². The highest BCUT2D eigenvalue weighted by Gasteiger charge is 2.31. The highest BCUT2D eigenvalue weighted by atomic mass is 16.6. The highest BCUT2D eigenvalue weighted by molar-refractivity contribution is 5.81. The number of benzene rings is 1. The Morgan fingerprint density at radius 3 is 2.23 bits per heavy atom. The average Bonchev–Trinajstić information content (AvgIpc) is 2.84. The van der Waals surface area contributed by atoms with E-state index < -0.39 is 36.4 Å². The molecular formula is C26H39NO8. The van der Waals surface area contributed by atoms with Gasteiger partial charge in [0.1, 0.15) is 18.8 Å². The Balaban J connectivity index is 2.77. The van der Waals surface area contributed by atoms with E-state index in [0.717, 1.165) is 16.7 Å². The van der Waals surface area contributed by atoms with Crippen molar-refractivity contribution >= 4 is 12.1 Å². The Morgan fingerprint density at radius 2 is 1.66 bits per heavy atom. The number of hydrogen-bond donors (Lipinski definition) is 2. The van der Waals surface area contributed by atoms with Gasteiger partial charge in [0.15, 0.2) is 6.04 Å². The van der Waals surface area contributed by atoms with Gasteiger partial charge in [0, 0.05) is 0 Å². The molecule has 0 aliphatic carbocycles. The number of methoxy groups -OCH3 is 1. The van der Waals surface area contributed by atoms with Crippen LogP contribution in [0.3, 0.4) is 0 Å². The predicted octanol–water partition coefficient (Wildman–Crippen LogP) is 3.16. The molecule has 0 bridgehead atoms. The molecule has 0 unspecified atom stereocenters. The number of rotatable bonds is 17. The van der Waals surface area contributed by atoms with Gasteiger partial charge in [0.05, 0.1) is 39.6 Å². The molecule has 0 fully saturated rings. The van der Waals surface area contributed by atoms with E-state index in [-0.39, 0.29) is 33.0 Å². The summed E-state index contributed by atoms with van der Waals surface area (Å²) in [6, 6.07) is 8.05. The number of carbonyl (C=O) groups is 2. The van der Waals surface area contributed by atoms with E-state index in [9.17, 15) is 14.7 Å². The number of amides is 1. The molecule has 1 amide bonds. The maximum Gasteiger partial charge on any atom is 0.408 e. The smallest absolute Gasteiger partial charge is 0.408 e. The van der Waals surface area contributed by atoms with Gasteiger partial charge in [-0.3, -0.25) is 0 Å². The van der Waals surface area contributed by atoms with Gasteiger partial charge in [-0.2, -0.15) is 0 Å². The number of ether oxygens (including phenoxy) is 5. The van der Waals surface area contributed by atoms with Crippen LogP contribution < -0.4 is 5.32 Å². The lowest BCUT2D eigenvalue weighted by molar-refractivity contribution is -0.149. The van der Waals surface area contributed by atoms with Crippen LogP contribution in [0.25, 0.3) is 0 Å². The quantitative estimate of drug-likeness (QED) is 0.251. The minimum Gasteiger partial charge on any atom is -0.467 e. The molecule has 2 N–H and O–H groups in total. The third-order valence-electron chi connectivity index (χ3n) is 4.79. The Bertz CT molecular complexity index is 798. The number of esters is 1. The summed E-state index contributed by atoms with van der Waals surface area (Å²) in [7, 11) is 1.21. The second-order valence-corrected chi connectivity index (χ2v) is 8.33. The Kier molecular flexibility index (Phi) is 14.6. The van der Waals surface area contributed by atoms with Crippen LogP contribution in [0.4, 0.5) is 4.79 Å². The lowest BCUT2D eigenvalue weighted by atomic mass is 10.1. The molecule has 0 aliphatic heterocycles. The van der Waals surface area contributed by atoms with Crippen molar-refractivity contribution in [3.05, 3.63) is 60.2 Å². The van der Waals surface area contributed by atoms with Crippen LogP contribution in [0.1, 0.15) is 32.8 Å². The molecule has 35 heavy (non-hydrogen) atoms.